The lowest BCUT2D eigenvalue weighted by Crippen LogP contribution is -3.28. The third kappa shape index (κ3) is 3.80. The van der Waals surface area contributed by atoms with Gasteiger partial charge in [-0.2, -0.15) is 0 Å². The molecular weight excluding hydrogens is 288 g/mol. The van der Waals surface area contributed by atoms with Gasteiger partial charge in [0, 0.05) is 6.42 Å². The minimum Gasteiger partial charge on any atom is -0.322 e. The summed E-state index contributed by atoms with van der Waals surface area (Å²) >= 11 is 0. The molecule has 2 heterocycles. The third-order valence-corrected chi connectivity index (χ3v) is 5.60. The molecule has 0 radical (unpaired) electrons. The number of rotatable bonds is 7. The van der Waals surface area contributed by atoms with E-state index in [0.717, 1.165) is 12.4 Å². The van der Waals surface area contributed by atoms with Crippen LogP contribution in [0.2, 0.25) is 0 Å². The Balaban J connectivity index is 1.72. The number of hydrogen-bond acceptors (Lipinski definition) is 3. The molecule has 0 amide bonds. The van der Waals surface area contributed by atoms with Crippen molar-refractivity contribution in [2.75, 3.05) is 32.7 Å². The zero-order valence-electron chi connectivity index (χ0n) is 14.5. The highest BCUT2D eigenvalue weighted by Crippen LogP contribution is 2.30. The van der Waals surface area contributed by atoms with Crippen LogP contribution < -0.4 is 9.80 Å². The molecular formula is C17H32N6+2. The fourth-order valence-electron chi connectivity index (χ4n) is 4.32. The number of quaternary nitrogens is 2. The lowest BCUT2D eigenvalue weighted by Gasteiger charge is -2.34. The normalized spacial score (nSPS) is 27.2. The largest absolute Gasteiger partial charge is 0.322 e. The molecule has 2 N–H and O–H groups in total. The van der Waals surface area contributed by atoms with Crippen LogP contribution in [0.5, 0.6) is 0 Å². The first kappa shape index (κ1) is 16.6. The maximum absolute atomic E-state index is 4.47. The second-order valence-corrected chi connectivity index (χ2v) is 7.16. The third-order valence-electron chi connectivity index (χ3n) is 5.60. The summed E-state index contributed by atoms with van der Waals surface area (Å²) in [7, 11) is 0. The number of aromatic nitrogens is 4. The van der Waals surface area contributed by atoms with E-state index in [4.69, 9.17) is 0 Å². The van der Waals surface area contributed by atoms with Crippen LogP contribution in [0, 0.1) is 0 Å². The van der Waals surface area contributed by atoms with Crippen molar-refractivity contribution in [3.63, 3.8) is 0 Å². The standard InChI is InChI=1S/C17H30N6/c1-3-7-16(22-13-11-21(10-4-2)12-14-22)17-18-19-20-23(17)15-8-5-6-9-15/h4,15-16H,2-3,5-14H2,1H3/p+2/t16-/m1/s1. The van der Waals surface area contributed by atoms with Crippen molar-refractivity contribution < 1.29 is 9.80 Å². The average Bonchev–Trinajstić information content (AvgIpc) is 3.25. The SMILES string of the molecule is C=CC[NH+]1CC[NH+]([C@H](CCC)c2nnnn2C2CCCC2)CC1. The molecule has 1 aromatic rings. The molecule has 0 unspecified atom stereocenters. The predicted octanol–water partition coefficient (Wildman–Crippen LogP) is -0.401. The summed E-state index contributed by atoms with van der Waals surface area (Å²) in [5.41, 5.74) is 0. The topological polar surface area (TPSA) is 52.5 Å². The van der Waals surface area contributed by atoms with Gasteiger partial charge in [-0.1, -0.05) is 32.8 Å². The van der Waals surface area contributed by atoms with E-state index in [2.05, 4.69) is 33.7 Å². The van der Waals surface area contributed by atoms with Crippen LogP contribution in [0.3, 0.4) is 0 Å². The van der Waals surface area contributed by atoms with Crippen molar-refractivity contribution in [1.82, 2.24) is 20.2 Å². The van der Waals surface area contributed by atoms with E-state index >= 15 is 0 Å². The second kappa shape index (κ2) is 8.02. The Morgan fingerprint density at radius 2 is 2.00 bits per heavy atom. The zero-order valence-corrected chi connectivity index (χ0v) is 14.5. The average molecular weight is 320 g/mol. The minimum absolute atomic E-state index is 0.459. The van der Waals surface area contributed by atoms with Gasteiger partial charge in [-0.25, -0.2) is 4.68 Å². The van der Waals surface area contributed by atoms with Crippen LogP contribution in [0.15, 0.2) is 12.7 Å². The van der Waals surface area contributed by atoms with Crippen LogP contribution in [0.4, 0.5) is 0 Å². The van der Waals surface area contributed by atoms with Crippen LogP contribution in [-0.2, 0) is 0 Å². The lowest BCUT2D eigenvalue weighted by atomic mass is 10.1. The summed E-state index contributed by atoms with van der Waals surface area (Å²) in [5, 5.41) is 12.9. The summed E-state index contributed by atoms with van der Waals surface area (Å²) < 4.78 is 2.17. The predicted molar refractivity (Wildman–Crippen MR) is 89.4 cm³/mol. The molecule has 1 atom stereocenters. The van der Waals surface area contributed by atoms with Gasteiger partial charge in [0.2, 0.25) is 5.82 Å². The Morgan fingerprint density at radius 3 is 2.65 bits per heavy atom. The van der Waals surface area contributed by atoms with E-state index < -0.39 is 0 Å². The molecule has 1 aromatic heterocycles. The molecule has 1 aliphatic heterocycles. The molecule has 3 rings (SSSR count). The Bertz CT molecular complexity index is 485. The summed E-state index contributed by atoms with van der Waals surface area (Å²) in [5.74, 6) is 1.14. The maximum Gasteiger partial charge on any atom is 0.209 e. The van der Waals surface area contributed by atoms with Gasteiger partial charge in [-0.3, -0.25) is 0 Å². The van der Waals surface area contributed by atoms with Gasteiger partial charge in [-0.15, -0.1) is 5.10 Å². The molecule has 0 spiro atoms. The lowest BCUT2D eigenvalue weighted by molar-refractivity contribution is -1.03. The highest BCUT2D eigenvalue weighted by Gasteiger charge is 2.35. The Labute approximate surface area is 139 Å². The fourth-order valence-corrected chi connectivity index (χ4v) is 4.32. The Hall–Kier alpha value is -1.27. The number of nitrogens with one attached hydrogen (secondary N) is 2. The van der Waals surface area contributed by atoms with Gasteiger partial charge in [0.05, 0.1) is 12.6 Å². The first-order valence-electron chi connectivity index (χ1n) is 9.40. The van der Waals surface area contributed by atoms with E-state index in [9.17, 15) is 0 Å². The number of hydrogen-bond donors (Lipinski definition) is 2. The van der Waals surface area contributed by atoms with Crippen molar-refractivity contribution in [3.8, 4) is 0 Å². The molecule has 2 fully saturated rings. The van der Waals surface area contributed by atoms with Crippen molar-refractivity contribution in [2.24, 2.45) is 0 Å². The molecule has 23 heavy (non-hydrogen) atoms. The van der Waals surface area contributed by atoms with Crippen LogP contribution in [0.1, 0.15) is 63.4 Å². The van der Waals surface area contributed by atoms with E-state index in [1.165, 1.54) is 64.7 Å². The molecule has 1 saturated carbocycles. The molecule has 0 aromatic carbocycles. The molecule has 1 saturated heterocycles. The van der Waals surface area contributed by atoms with Crippen LogP contribution in [-0.4, -0.2) is 52.9 Å². The monoisotopic (exact) mass is 320 g/mol. The highest BCUT2D eigenvalue weighted by molar-refractivity contribution is 4.91. The quantitative estimate of drug-likeness (QED) is 0.672. The number of piperazine rings is 1. The summed E-state index contributed by atoms with van der Waals surface area (Å²) in [6.07, 6.45) is 9.53. The molecule has 6 heteroatoms. The van der Waals surface area contributed by atoms with E-state index in [0.29, 0.717) is 12.1 Å². The maximum atomic E-state index is 4.47. The highest BCUT2D eigenvalue weighted by atomic mass is 15.6. The minimum atomic E-state index is 0.459. The zero-order chi connectivity index (χ0) is 16.1. The van der Waals surface area contributed by atoms with E-state index in [1.54, 1.807) is 9.80 Å². The van der Waals surface area contributed by atoms with Gasteiger partial charge in [0.1, 0.15) is 32.2 Å². The Kier molecular flexibility index (Phi) is 5.78. The molecule has 2 aliphatic rings. The molecule has 1 aliphatic carbocycles. The number of tetrazole rings is 1. The van der Waals surface area contributed by atoms with Gasteiger partial charge in [-0.05, 0) is 29.3 Å². The van der Waals surface area contributed by atoms with Crippen LogP contribution >= 0.6 is 0 Å². The van der Waals surface area contributed by atoms with Gasteiger partial charge >= 0.3 is 0 Å². The molecule has 6 nitrogen and oxygen atoms in total. The van der Waals surface area contributed by atoms with Crippen molar-refractivity contribution in [2.45, 2.75) is 57.5 Å². The molecule has 0 bridgehead atoms. The van der Waals surface area contributed by atoms with Gasteiger partial charge in [0.25, 0.3) is 0 Å². The summed E-state index contributed by atoms with van der Waals surface area (Å²) in [6.45, 7) is 12.1. The summed E-state index contributed by atoms with van der Waals surface area (Å²) in [6, 6.07) is 0.993. The van der Waals surface area contributed by atoms with E-state index in [-0.39, 0.29) is 0 Å². The van der Waals surface area contributed by atoms with Gasteiger partial charge < -0.3 is 9.80 Å². The first-order chi connectivity index (χ1) is 11.3. The van der Waals surface area contributed by atoms with E-state index in [1.807, 2.05) is 6.08 Å². The van der Waals surface area contributed by atoms with Crippen LogP contribution in [0.25, 0.3) is 0 Å². The van der Waals surface area contributed by atoms with Crippen molar-refractivity contribution in [1.29, 1.82) is 0 Å². The van der Waals surface area contributed by atoms with Gasteiger partial charge in [0.15, 0.2) is 0 Å². The fraction of sp³-hybridized carbons (Fsp3) is 0.824. The number of nitrogens with zero attached hydrogens (tertiary/aromatic N) is 4. The van der Waals surface area contributed by atoms with Crippen molar-refractivity contribution >= 4 is 0 Å². The smallest absolute Gasteiger partial charge is 0.209 e. The Morgan fingerprint density at radius 1 is 1.26 bits per heavy atom. The first-order valence-corrected chi connectivity index (χ1v) is 9.40. The molecule has 128 valence electrons. The van der Waals surface area contributed by atoms with Crippen molar-refractivity contribution in [3.05, 3.63) is 18.5 Å². The summed E-state index contributed by atoms with van der Waals surface area (Å²) in [4.78, 5) is 3.34. The second-order valence-electron chi connectivity index (χ2n) is 7.16.